The zero-order valence-electron chi connectivity index (χ0n) is 13.6. The first-order chi connectivity index (χ1) is 11.8. The van der Waals surface area contributed by atoms with E-state index in [9.17, 15) is 4.79 Å². The van der Waals surface area contributed by atoms with Crippen LogP contribution in [-0.4, -0.2) is 31.4 Å². The van der Waals surface area contributed by atoms with Crippen molar-refractivity contribution >= 4 is 11.6 Å². The van der Waals surface area contributed by atoms with Gasteiger partial charge in [-0.25, -0.2) is 0 Å². The van der Waals surface area contributed by atoms with E-state index in [0.717, 1.165) is 29.0 Å². The molecule has 1 aliphatic heterocycles. The lowest BCUT2D eigenvalue weighted by atomic mass is 10.0. The highest BCUT2D eigenvalue weighted by molar-refractivity contribution is 6.04. The van der Waals surface area contributed by atoms with E-state index in [-0.39, 0.29) is 5.91 Å². The van der Waals surface area contributed by atoms with Gasteiger partial charge in [-0.3, -0.25) is 4.79 Å². The molecule has 2 aromatic carbocycles. The number of carbonyl (C=O) groups is 1. The van der Waals surface area contributed by atoms with Crippen molar-refractivity contribution in [2.24, 2.45) is 5.16 Å². The molecule has 0 bridgehead atoms. The van der Waals surface area contributed by atoms with Crippen molar-refractivity contribution in [1.29, 1.82) is 0 Å². The van der Waals surface area contributed by atoms with Crippen LogP contribution in [0.4, 0.5) is 0 Å². The molecule has 0 radical (unpaired) electrons. The second-order valence-corrected chi connectivity index (χ2v) is 5.59. The first-order valence-electron chi connectivity index (χ1n) is 7.95. The van der Waals surface area contributed by atoms with Crippen molar-refractivity contribution in [3.63, 3.8) is 0 Å². The molecule has 0 saturated carbocycles. The van der Waals surface area contributed by atoms with Crippen LogP contribution in [0.25, 0.3) is 0 Å². The number of rotatable bonds is 6. The van der Waals surface area contributed by atoms with Gasteiger partial charge in [0.1, 0.15) is 5.75 Å². The molecular formula is C19H20N2O3. The molecule has 1 unspecified atom stereocenters. The molecular weight excluding hydrogens is 304 g/mol. The van der Waals surface area contributed by atoms with Gasteiger partial charge in [-0.1, -0.05) is 47.6 Å². The summed E-state index contributed by atoms with van der Waals surface area (Å²) in [6.07, 6.45) is 0.712. The van der Waals surface area contributed by atoms with E-state index in [1.165, 1.54) is 0 Å². The Labute approximate surface area is 141 Å². The Morgan fingerprint density at radius 2 is 1.96 bits per heavy atom. The molecule has 124 valence electrons. The van der Waals surface area contributed by atoms with Crippen LogP contribution in [0.5, 0.6) is 5.75 Å². The third-order valence-electron chi connectivity index (χ3n) is 3.94. The van der Waals surface area contributed by atoms with Crippen LogP contribution < -0.4 is 10.1 Å². The lowest BCUT2D eigenvalue weighted by molar-refractivity contribution is -0.131. The number of nitrogens with one attached hydrogen (secondary N) is 1. The van der Waals surface area contributed by atoms with Crippen molar-refractivity contribution in [3.8, 4) is 5.75 Å². The van der Waals surface area contributed by atoms with Crippen LogP contribution in [0, 0.1) is 0 Å². The van der Waals surface area contributed by atoms with E-state index in [0.29, 0.717) is 13.0 Å². The lowest BCUT2D eigenvalue weighted by Gasteiger charge is -2.09. The average molecular weight is 324 g/mol. The second-order valence-electron chi connectivity index (χ2n) is 5.59. The Morgan fingerprint density at radius 3 is 2.67 bits per heavy atom. The standard InChI is InChI=1S/C19H20N2O3/c1-23-16-9-7-14(8-10-16)11-12-20-19(22)18-13-17(21-24-18)15-5-3-2-4-6-15/h2-10,18H,11-13H2,1H3,(H,20,22). The maximum atomic E-state index is 12.2. The summed E-state index contributed by atoms with van der Waals surface area (Å²) in [4.78, 5) is 17.5. The van der Waals surface area contributed by atoms with Gasteiger partial charge in [0.2, 0.25) is 6.10 Å². The number of hydrogen-bond donors (Lipinski definition) is 1. The quantitative estimate of drug-likeness (QED) is 0.888. The molecule has 0 fully saturated rings. The molecule has 1 amide bonds. The van der Waals surface area contributed by atoms with Crippen molar-refractivity contribution in [1.82, 2.24) is 5.32 Å². The Bertz CT molecular complexity index is 711. The smallest absolute Gasteiger partial charge is 0.264 e. The summed E-state index contributed by atoms with van der Waals surface area (Å²) in [7, 11) is 1.64. The molecule has 5 heteroatoms. The molecule has 0 saturated heterocycles. The minimum atomic E-state index is -0.545. The average Bonchev–Trinajstić information content (AvgIpc) is 3.13. The van der Waals surface area contributed by atoms with Crippen LogP contribution in [-0.2, 0) is 16.1 Å². The predicted molar refractivity (Wildman–Crippen MR) is 92.2 cm³/mol. The largest absolute Gasteiger partial charge is 0.497 e. The summed E-state index contributed by atoms with van der Waals surface area (Å²) < 4.78 is 5.13. The van der Waals surface area contributed by atoms with E-state index >= 15 is 0 Å². The van der Waals surface area contributed by atoms with E-state index in [1.807, 2.05) is 54.6 Å². The van der Waals surface area contributed by atoms with Crippen molar-refractivity contribution in [2.45, 2.75) is 18.9 Å². The zero-order chi connectivity index (χ0) is 16.8. The third kappa shape index (κ3) is 3.93. The maximum Gasteiger partial charge on any atom is 0.264 e. The number of hydrogen-bond acceptors (Lipinski definition) is 4. The Hall–Kier alpha value is -2.82. The van der Waals surface area contributed by atoms with Gasteiger partial charge in [0.15, 0.2) is 0 Å². The Kier molecular flexibility index (Phi) is 5.11. The molecule has 0 aromatic heterocycles. The van der Waals surface area contributed by atoms with Crippen LogP contribution in [0.1, 0.15) is 17.5 Å². The van der Waals surface area contributed by atoms with Gasteiger partial charge in [-0.2, -0.15) is 0 Å². The van der Waals surface area contributed by atoms with Crippen molar-refractivity contribution < 1.29 is 14.4 Å². The summed E-state index contributed by atoms with van der Waals surface area (Å²) in [6, 6.07) is 17.6. The molecule has 24 heavy (non-hydrogen) atoms. The summed E-state index contributed by atoms with van der Waals surface area (Å²) in [6.45, 7) is 0.561. The molecule has 1 heterocycles. The minimum Gasteiger partial charge on any atom is -0.497 e. The topological polar surface area (TPSA) is 59.9 Å². The number of carbonyl (C=O) groups excluding carboxylic acids is 1. The molecule has 1 aliphatic rings. The number of amides is 1. The van der Waals surface area contributed by atoms with Crippen LogP contribution in [0.15, 0.2) is 59.8 Å². The number of benzene rings is 2. The van der Waals surface area contributed by atoms with Crippen LogP contribution in [0.3, 0.4) is 0 Å². The minimum absolute atomic E-state index is 0.127. The van der Waals surface area contributed by atoms with E-state index < -0.39 is 6.10 Å². The van der Waals surface area contributed by atoms with Crippen molar-refractivity contribution in [3.05, 3.63) is 65.7 Å². The molecule has 1 atom stereocenters. The summed E-state index contributed by atoms with van der Waals surface area (Å²) in [5.74, 6) is 0.700. The van der Waals surface area contributed by atoms with Gasteiger partial charge in [-0.15, -0.1) is 0 Å². The SMILES string of the molecule is COc1ccc(CCNC(=O)C2CC(c3ccccc3)=NO2)cc1. The van der Waals surface area contributed by atoms with Gasteiger partial charge in [0, 0.05) is 13.0 Å². The van der Waals surface area contributed by atoms with Gasteiger partial charge < -0.3 is 14.9 Å². The van der Waals surface area contributed by atoms with Gasteiger partial charge in [0.25, 0.3) is 5.91 Å². The third-order valence-corrected chi connectivity index (χ3v) is 3.94. The highest BCUT2D eigenvalue weighted by Gasteiger charge is 2.28. The van der Waals surface area contributed by atoms with Crippen molar-refractivity contribution in [2.75, 3.05) is 13.7 Å². The first kappa shape index (κ1) is 16.1. The number of ether oxygens (including phenoxy) is 1. The fraction of sp³-hybridized carbons (Fsp3) is 0.263. The molecule has 3 rings (SSSR count). The first-order valence-corrected chi connectivity index (χ1v) is 7.95. The number of nitrogens with zero attached hydrogens (tertiary/aromatic N) is 1. The molecule has 1 N–H and O–H groups in total. The van der Waals surface area contributed by atoms with Crippen LogP contribution >= 0.6 is 0 Å². The maximum absolute atomic E-state index is 12.2. The normalized spacial score (nSPS) is 16.2. The zero-order valence-corrected chi connectivity index (χ0v) is 13.6. The monoisotopic (exact) mass is 324 g/mol. The highest BCUT2D eigenvalue weighted by Crippen LogP contribution is 2.16. The fourth-order valence-electron chi connectivity index (χ4n) is 2.56. The van der Waals surface area contributed by atoms with Gasteiger partial charge in [-0.05, 0) is 29.7 Å². The Balaban J connectivity index is 1.45. The molecule has 5 nitrogen and oxygen atoms in total. The highest BCUT2D eigenvalue weighted by atomic mass is 16.6. The number of methoxy groups -OCH3 is 1. The van der Waals surface area contributed by atoms with E-state index in [2.05, 4.69) is 10.5 Å². The predicted octanol–water partition coefficient (Wildman–Crippen LogP) is 2.55. The summed E-state index contributed by atoms with van der Waals surface area (Å²) >= 11 is 0. The van der Waals surface area contributed by atoms with Gasteiger partial charge in [0.05, 0.1) is 12.8 Å². The fourth-order valence-corrected chi connectivity index (χ4v) is 2.56. The molecule has 0 aliphatic carbocycles. The summed E-state index contributed by atoms with van der Waals surface area (Å²) in [5.41, 5.74) is 2.95. The van der Waals surface area contributed by atoms with E-state index in [1.54, 1.807) is 7.11 Å². The molecule has 2 aromatic rings. The summed E-state index contributed by atoms with van der Waals surface area (Å²) in [5, 5.41) is 6.94. The van der Waals surface area contributed by atoms with E-state index in [4.69, 9.17) is 9.57 Å². The Morgan fingerprint density at radius 1 is 1.21 bits per heavy atom. The van der Waals surface area contributed by atoms with Crippen LogP contribution in [0.2, 0.25) is 0 Å². The lowest BCUT2D eigenvalue weighted by Crippen LogP contribution is -2.36. The second kappa shape index (κ2) is 7.64. The molecule has 0 spiro atoms. The number of oxime groups is 1. The van der Waals surface area contributed by atoms with Gasteiger partial charge >= 0.3 is 0 Å².